The van der Waals surface area contributed by atoms with Gasteiger partial charge in [-0.3, -0.25) is 4.98 Å². The van der Waals surface area contributed by atoms with Crippen LogP contribution < -0.4 is 10.1 Å². The highest BCUT2D eigenvalue weighted by Gasteiger charge is 2.19. The molecule has 0 aromatic carbocycles. The average Bonchev–Trinajstić information content (AvgIpc) is 3.09. The predicted octanol–water partition coefficient (Wildman–Crippen LogP) is 1.24. The van der Waals surface area contributed by atoms with Gasteiger partial charge in [0.25, 0.3) is 0 Å². The van der Waals surface area contributed by atoms with Crippen LogP contribution in [0.25, 0.3) is 0 Å². The Morgan fingerprint density at radius 3 is 3.00 bits per heavy atom. The van der Waals surface area contributed by atoms with Gasteiger partial charge in [0.2, 0.25) is 0 Å². The third-order valence-corrected chi connectivity index (χ3v) is 2.25. The Kier molecular flexibility index (Phi) is 3.15. The van der Waals surface area contributed by atoms with Gasteiger partial charge in [-0.25, -0.2) is 0 Å². The average molecular weight is 203 g/mol. The van der Waals surface area contributed by atoms with Crippen molar-refractivity contribution in [1.82, 2.24) is 10.3 Å². The van der Waals surface area contributed by atoms with E-state index >= 15 is 0 Å². The van der Waals surface area contributed by atoms with Crippen molar-refractivity contribution < 1.29 is 4.74 Å². The molecule has 0 atom stereocenters. The van der Waals surface area contributed by atoms with Crippen LogP contribution in [-0.4, -0.2) is 17.6 Å². The van der Waals surface area contributed by atoms with Gasteiger partial charge in [-0.2, -0.15) is 5.26 Å². The lowest BCUT2D eigenvalue weighted by Gasteiger charge is -2.04. The molecule has 1 aromatic heterocycles. The Bertz CT molecular complexity index is 351. The molecule has 1 aliphatic rings. The molecule has 0 spiro atoms. The van der Waals surface area contributed by atoms with Crippen molar-refractivity contribution in [2.75, 3.05) is 6.61 Å². The summed E-state index contributed by atoms with van der Waals surface area (Å²) in [5, 5.41) is 11.7. The van der Waals surface area contributed by atoms with Crippen molar-refractivity contribution in [3.8, 4) is 11.8 Å². The topological polar surface area (TPSA) is 57.9 Å². The summed E-state index contributed by atoms with van der Waals surface area (Å²) in [4.78, 5) is 4.23. The number of ether oxygens (including phenoxy) is 1. The zero-order chi connectivity index (χ0) is 10.5. The Hall–Kier alpha value is -1.60. The molecule has 1 saturated carbocycles. The molecule has 0 unspecified atom stereocenters. The maximum absolute atomic E-state index is 8.33. The Morgan fingerprint density at radius 2 is 2.40 bits per heavy atom. The van der Waals surface area contributed by atoms with Gasteiger partial charge < -0.3 is 10.1 Å². The van der Waals surface area contributed by atoms with Crippen molar-refractivity contribution in [1.29, 1.82) is 5.26 Å². The first-order valence-corrected chi connectivity index (χ1v) is 5.06. The van der Waals surface area contributed by atoms with E-state index in [1.165, 1.54) is 12.8 Å². The molecule has 1 fully saturated rings. The minimum absolute atomic E-state index is 0.0708. The van der Waals surface area contributed by atoms with E-state index < -0.39 is 0 Å². The van der Waals surface area contributed by atoms with Gasteiger partial charge in [-0.05, 0) is 25.0 Å². The SMILES string of the molecule is N#CCOc1ccc(CNC2CC2)nc1. The summed E-state index contributed by atoms with van der Waals surface area (Å²) in [6, 6.07) is 6.37. The van der Waals surface area contributed by atoms with E-state index in [2.05, 4.69) is 10.3 Å². The van der Waals surface area contributed by atoms with Gasteiger partial charge in [-0.1, -0.05) is 0 Å². The number of aromatic nitrogens is 1. The van der Waals surface area contributed by atoms with Gasteiger partial charge in [0.05, 0.1) is 11.9 Å². The maximum atomic E-state index is 8.33. The second kappa shape index (κ2) is 4.76. The molecule has 0 bridgehead atoms. The van der Waals surface area contributed by atoms with Crippen LogP contribution in [0.3, 0.4) is 0 Å². The molecule has 1 heterocycles. The highest BCUT2D eigenvalue weighted by Crippen LogP contribution is 2.19. The third-order valence-electron chi connectivity index (χ3n) is 2.25. The fourth-order valence-corrected chi connectivity index (χ4v) is 1.25. The normalized spacial score (nSPS) is 14.6. The number of nitrogens with one attached hydrogen (secondary N) is 1. The number of hydrogen-bond donors (Lipinski definition) is 1. The van der Waals surface area contributed by atoms with E-state index in [9.17, 15) is 0 Å². The fourth-order valence-electron chi connectivity index (χ4n) is 1.25. The molecule has 15 heavy (non-hydrogen) atoms. The number of nitriles is 1. The van der Waals surface area contributed by atoms with E-state index in [4.69, 9.17) is 10.00 Å². The van der Waals surface area contributed by atoms with E-state index in [1.807, 2.05) is 18.2 Å². The van der Waals surface area contributed by atoms with Crippen LogP contribution >= 0.6 is 0 Å². The molecule has 4 heteroatoms. The number of hydrogen-bond acceptors (Lipinski definition) is 4. The van der Waals surface area contributed by atoms with Crippen LogP contribution in [0.1, 0.15) is 18.5 Å². The first kappa shape index (κ1) is 9.94. The van der Waals surface area contributed by atoms with E-state index in [-0.39, 0.29) is 6.61 Å². The van der Waals surface area contributed by atoms with Crippen molar-refractivity contribution in [3.05, 3.63) is 24.0 Å². The van der Waals surface area contributed by atoms with E-state index in [0.29, 0.717) is 11.8 Å². The second-order valence-corrected chi connectivity index (χ2v) is 3.59. The maximum Gasteiger partial charge on any atom is 0.174 e. The van der Waals surface area contributed by atoms with Crippen LogP contribution in [-0.2, 0) is 6.54 Å². The van der Waals surface area contributed by atoms with Gasteiger partial charge in [0.15, 0.2) is 6.61 Å². The smallest absolute Gasteiger partial charge is 0.174 e. The Labute approximate surface area is 88.9 Å². The molecule has 1 aliphatic carbocycles. The number of nitrogens with zero attached hydrogens (tertiary/aromatic N) is 2. The van der Waals surface area contributed by atoms with Gasteiger partial charge in [0.1, 0.15) is 11.8 Å². The lowest BCUT2D eigenvalue weighted by molar-refractivity contribution is 0.366. The third kappa shape index (κ3) is 3.22. The summed E-state index contributed by atoms with van der Waals surface area (Å²) in [7, 11) is 0. The minimum atomic E-state index is 0.0708. The van der Waals surface area contributed by atoms with E-state index in [0.717, 1.165) is 12.2 Å². The Balaban J connectivity index is 1.82. The monoisotopic (exact) mass is 203 g/mol. The highest BCUT2D eigenvalue weighted by atomic mass is 16.5. The molecule has 0 amide bonds. The molecule has 1 N–H and O–H groups in total. The molecule has 0 radical (unpaired) electrons. The summed E-state index contributed by atoms with van der Waals surface area (Å²) in [6.07, 6.45) is 4.22. The van der Waals surface area contributed by atoms with Gasteiger partial charge >= 0.3 is 0 Å². The number of rotatable bonds is 5. The molecular weight excluding hydrogens is 190 g/mol. The summed E-state index contributed by atoms with van der Waals surface area (Å²) >= 11 is 0. The predicted molar refractivity (Wildman–Crippen MR) is 55.2 cm³/mol. The Morgan fingerprint density at radius 1 is 1.53 bits per heavy atom. The summed E-state index contributed by atoms with van der Waals surface area (Å²) in [5.74, 6) is 0.645. The van der Waals surface area contributed by atoms with Crippen LogP contribution in [0.5, 0.6) is 5.75 Å². The quantitative estimate of drug-likeness (QED) is 0.782. The van der Waals surface area contributed by atoms with E-state index in [1.54, 1.807) is 6.20 Å². The highest BCUT2D eigenvalue weighted by molar-refractivity contribution is 5.20. The lowest BCUT2D eigenvalue weighted by Crippen LogP contribution is -2.16. The zero-order valence-electron chi connectivity index (χ0n) is 8.44. The summed E-state index contributed by atoms with van der Waals surface area (Å²) < 4.78 is 5.10. The summed E-state index contributed by atoms with van der Waals surface area (Å²) in [5.41, 5.74) is 1.01. The fraction of sp³-hybridized carbons (Fsp3) is 0.455. The molecular formula is C11H13N3O. The second-order valence-electron chi connectivity index (χ2n) is 3.59. The van der Waals surface area contributed by atoms with Gasteiger partial charge in [0, 0.05) is 12.6 Å². The molecule has 4 nitrogen and oxygen atoms in total. The first-order chi connectivity index (χ1) is 7.38. The standard InChI is InChI=1S/C11H13N3O/c12-5-6-15-11-4-3-10(14-8-11)7-13-9-1-2-9/h3-4,8-9,13H,1-2,6-7H2. The van der Waals surface area contributed by atoms with Crippen LogP contribution in [0.15, 0.2) is 18.3 Å². The first-order valence-electron chi connectivity index (χ1n) is 5.06. The van der Waals surface area contributed by atoms with Crippen molar-refractivity contribution in [3.63, 3.8) is 0 Å². The van der Waals surface area contributed by atoms with Crippen molar-refractivity contribution in [2.45, 2.75) is 25.4 Å². The molecule has 0 saturated heterocycles. The summed E-state index contributed by atoms with van der Waals surface area (Å²) in [6.45, 7) is 0.880. The molecule has 2 rings (SSSR count). The largest absolute Gasteiger partial charge is 0.477 e. The van der Waals surface area contributed by atoms with Crippen molar-refractivity contribution in [2.24, 2.45) is 0 Å². The number of pyridine rings is 1. The molecule has 0 aliphatic heterocycles. The van der Waals surface area contributed by atoms with Gasteiger partial charge in [-0.15, -0.1) is 0 Å². The van der Waals surface area contributed by atoms with Crippen molar-refractivity contribution >= 4 is 0 Å². The molecule has 78 valence electrons. The van der Waals surface area contributed by atoms with Crippen LogP contribution in [0, 0.1) is 11.3 Å². The molecule has 1 aromatic rings. The zero-order valence-corrected chi connectivity index (χ0v) is 8.44. The van der Waals surface area contributed by atoms with Crippen LogP contribution in [0.4, 0.5) is 0 Å². The lowest BCUT2D eigenvalue weighted by atomic mass is 10.3. The van der Waals surface area contributed by atoms with Crippen LogP contribution in [0.2, 0.25) is 0 Å². The minimum Gasteiger partial charge on any atom is -0.477 e.